The Balaban J connectivity index is 0.00000225. The van der Waals surface area contributed by atoms with Crippen LogP contribution in [-0.4, -0.2) is 30.6 Å². The van der Waals surface area contributed by atoms with Crippen LogP contribution < -0.4 is 0 Å². The van der Waals surface area contributed by atoms with Crippen LogP contribution in [0.25, 0.3) is 16.7 Å². The van der Waals surface area contributed by atoms with Gasteiger partial charge in [0.1, 0.15) is 5.75 Å². The molecule has 144 valence electrons. The summed E-state index contributed by atoms with van der Waals surface area (Å²) in [7, 11) is 4.23. The molecule has 0 saturated heterocycles. The molecule has 28 heavy (non-hydrogen) atoms. The first-order valence-corrected chi connectivity index (χ1v) is 9.47. The van der Waals surface area contributed by atoms with Crippen LogP contribution in [0.5, 0.6) is 5.75 Å². The fraction of sp³-hybridized carbons (Fsp3) is 0.200. The van der Waals surface area contributed by atoms with E-state index in [2.05, 4.69) is 73.6 Å². The largest absolute Gasteiger partial charge is 0.508 e. The minimum atomic E-state index is 0. The SMILES string of the molecule is CN(C)CC1=C(c2cccc(O)c2)c2cc(-c3ccccc3)ccc2CC1.Cl. The summed E-state index contributed by atoms with van der Waals surface area (Å²) >= 11 is 0. The number of likely N-dealkylation sites (N-methyl/N-ethyl adjacent to an activating group) is 1. The average molecular weight is 392 g/mol. The number of aryl methyl sites for hydroxylation is 1. The fourth-order valence-corrected chi connectivity index (χ4v) is 4.00. The van der Waals surface area contributed by atoms with Crippen LogP contribution in [0.4, 0.5) is 0 Å². The lowest BCUT2D eigenvalue weighted by molar-refractivity contribution is 0.439. The highest BCUT2D eigenvalue weighted by molar-refractivity contribution is 5.87. The number of hydrogen-bond donors (Lipinski definition) is 1. The maximum absolute atomic E-state index is 10.1. The molecule has 0 fully saturated rings. The van der Waals surface area contributed by atoms with Crippen molar-refractivity contribution in [2.75, 3.05) is 20.6 Å². The van der Waals surface area contributed by atoms with Crippen molar-refractivity contribution in [1.82, 2.24) is 4.90 Å². The lowest BCUT2D eigenvalue weighted by Crippen LogP contribution is -2.19. The molecule has 2 nitrogen and oxygen atoms in total. The van der Waals surface area contributed by atoms with Crippen molar-refractivity contribution in [3.63, 3.8) is 0 Å². The van der Waals surface area contributed by atoms with Crippen molar-refractivity contribution in [2.24, 2.45) is 0 Å². The number of rotatable bonds is 4. The molecule has 0 aromatic heterocycles. The van der Waals surface area contributed by atoms with E-state index in [9.17, 15) is 5.11 Å². The van der Waals surface area contributed by atoms with Crippen LogP contribution in [0.1, 0.15) is 23.1 Å². The van der Waals surface area contributed by atoms with Gasteiger partial charge in [0.05, 0.1) is 0 Å². The summed E-state index contributed by atoms with van der Waals surface area (Å²) < 4.78 is 0. The molecule has 0 heterocycles. The molecule has 0 saturated carbocycles. The maximum Gasteiger partial charge on any atom is 0.116 e. The third-order valence-corrected chi connectivity index (χ3v) is 5.18. The molecule has 0 unspecified atom stereocenters. The third-order valence-electron chi connectivity index (χ3n) is 5.18. The van der Waals surface area contributed by atoms with Crippen molar-refractivity contribution in [1.29, 1.82) is 0 Å². The highest BCUT2D eigenvalue weighted by Crippen LogP contribution is 2.39. The smallest absolute Gasteiger partial charge is 0.116 e. The first kappa shape index (κ1) is 20.2. The van der Waals surface area contributed by atoms with E-state index in [1.54, 1.807) is 6.07 Å². The van der Waals surface area contributed by atoms with Crippen LogP contribution in [0.15, 0.2) is 78.4 Å². The molecule has 0 bridgehead atoms. The summed E-state index contributed by atoms with van der Waals surface area (Å²) in [5, 5.41) is 10.1. The van der Waals surface area contributed by atoms with Crippen molar-refractivity contribution in [3.05, 3.63) is 95.1 Å². The molecule has 1 N–H and O–H groups in total. The average Bonchev–Trinajstić information content (AvgIpc) is 2.67. The summed E-state index contributed by atoms with van der Waals surface area (Å²) in [6, 6.07) is 25.0. The second-order valence-corrected chi connectivity index (χ2v) is 7.50. The molecule has 3 aromatic rings. The van der Waals surface area contributed by atoms with Crippen LogP contribution in [0, 0.1) is 0 Å². The second kappa shape index (κ2) is 8.64. The van der Waals surface area contributed by atoms with E-state index in [1.165, 1.54) is 33.4 Å². The van der Waals surface area contributed by atoms with E-state index >= 15 is 0 Å². The molecule has 0 spiro atoms. The molecule has 3 aromatic carbocycles. The summed E-state index contributed by atoms with van der Waals surface area (Å²) in [5.74, 6) is 0.315. The molecule has 3 heteroatoms. The van der Waals surface area contributed by atoms with Gasteiger partial charge in [0.15, 0.2) is 0 Å². The van der Waals surface area contributed by atoms with Crippen LogP contribution in [-0.2, 0) is 6.42 Å². The number of aromatic hydroxyl groups is 1. The quantitative estimate of drug-likeness (QED) is 0.608. The highest BCUT2D eigenvalue weighted by atomic mass is 35.5. The second-order valence-electron chi connectivity index (χ2n) is 7.50. The topological polar surface area (TPSA) is 23.5 Å². The van der Waals surface area contributed by atoms with Gasteiger partial charge in [-0.05, 0) is 84.1 Å². The van der Waals surface area contributed by atoms with Crippen molar-refractivity contribution < 1.29 is 5.11 Å². The lowest BCUT2D eigenvalue weighted by Gasteiger charge is -2.27. The van der Waals surface area contributed by atoms with Gasteiger partial charge < -0.3 is 10.0 Å². The molecular formula is C25H26ClNO. The van der Waals surface area contributed by atoms with E-state index in [0.29, 0.717) is 5.75 Å². The molecule has 4 rings (SSSR count). The number of fused-ring (bicyclic) bond motifs is 1. The normalized spacial score (nSPS) is 13.2. The van der Waals surface area contributed by atoms with E-state index in [4.69, 9.17) is 0 Å². The van der Waals surface area contributed by atoms with Gasteiger partial charge in [-0.1, -0.05) is 54.6 Å². The summed E-state index contributed by atoms with van der Waals surface area (Å²) in [5.41, 5.74) is 8.95. The van der Waals surface area contributed by atoms with Gasteiger partial charge in [0.25, 0.3) is 0 Å². The van der Waals surface area contributed by atoms with E-state index in [1.807, 2.05) is 12.1 Å². The highest BCUT2D eigenvalue weighted by Gasteiger charge is 2.21. The van der Waals surface area contributed by atoms with Crippen LogP contribution in [0.2, 0.25) is 0 Å². The summed E-state index contributed by atoms with van der Waals surface area (Å²) in [4.78, 5) is 2.23. The first-order valence-electron chi connectivity index (χ1n) is 9.47. The Labute approximate surface area is 173 Å². The third kappa shape index (κ3) is 4.14. The zero-order valence-electron chi connectivity index (χ0n) is 16.4. The Morgan fingerprint density at radius 1 is 0.786 bits per heavy atom. The predicted molar refractivity (Wildman–Crippen MR) is 120 cm³/mol. The molecule has 1 aliphatic carbocycles. The molecule has 1 aliphatic rings. The van der Waals surface area contributed by atoms with Crippen LogP contribution >= 0.6 is 12.4 Å². The maximum atomic E-state index is 10.1. The first-order chi connectivity index (χ1) is 13.1. The van der Waals surface area contributed by atoms with E-state index in [-0.39, 0.29) is 12.4 Å². The van der Waals surface area contributed by atoms with E-state index < -0.39 is 0 Å². The van der Waals surface area contributed by atoms with Gasteiger partial charge in [-0.15, -0.1) is 12.4 Å². The molecule has 0 amide bonds. The van der Waals surface area contributed by atoms with Crippen LogP contribution in [0.3, 0.4) is 0 Å². The van der Waals surface area contributed by atoms with Gasteiger partial charge in [-0.2, -0.15) is 0 Å². The molecule has 0 atom stereocenters. The summed E-state index contributed by atoms with van der Waals surface area (Å²) in [6.07, 6.45) is 2.12. The minimum absolute atomic E-state index is 0. The van der Waals surface area contributed by atoms with Crippen molar-refractivity contribution in [3.8, 4) is 16.9 Å². The van der Waals surface area contributed by atoms with Crippen molar-refractivity contribution in [2.45, 2.75) is 12.8 Å². The van der Waals surface area contributed by atoms with Gasteiger partial charge in [0.2, 0.25) is 0 Å². The molecule has 0 radical (unpaired) electrons. The van der Waals surface area contributed by atoms with Crippen molar-refractivity contribution >= 4 is 18.0 Å². The minimum Gasteiger partial charge on any atom is -0.508 e. The number of halogens is 1. The fourth-order valence-electron chi connectivity index (χ4n) is 4.00. The molecular weight excluding hydrogens is 366 g/mol. The van der Waals surface area contributed by atoms with Gasteiger partial charge in [-0.3, -0.25) is 0 Å². The van der Waals surface area contributed by atoms with Gasteiger partial charge in [-0.25, -0.2) is 0 Å². The number of benzene rings is 3. The number of phenols is 1. The Morgan fingerprint density at radius 3 is 2.25 bits per heavy atom. The number of hydrogen-bond acceptors (Lipinski definition) is 2. The Morgan fingerprint density at radius 2 is 1.54 bits per heavy atom. The summed E-state index contributed by atoms with van der Waals surface area (Å²) in [6.45, 7) is 0.931. The number of nitrogens with zero attached hydrogens (tertiary/aromatic N) is 1. The Kier molecular flexibility index (Phi) is 6.23. The predicted octanol–water partition coefficient (Wildman–Crippen LogP) is 5.79. The lowest BCUT2D eigenvalue weighted by atomic mass is 9.80. The monoisotopic (exact) mass is 391 g/mol. The molecule has 0 aliphatic heterocycles. The standard InChI is InChI=1S/C25H25NO.ClH/c1-26(2)17-22-14-12-19-11-13-20(18-7-4-3-5-8-18)16-24(19)25(22)21-9-6-10-23(27)15-21;/h3-11,13,15-16,27H,12,14,17H2,1-2H3;1H. The number of phenolic OH excluding ortho intramolecular Hbond substituents is 1. The van der Waals surface area contributed by atoms with Gasteiger partial charge in [0, 0.05) is 6.54 Å². The Hall–Kier alpha value is -2.55. The Bertz CT molecular complexity index is 992. The van der Waals surface area contributed by atoms with Gasteiger partial charge >= 0.3 is 0 Å². The van der Waals surface area contributed by atoms with E-state index in [0.717, 1.165) is 24.9 Å². The zero-order valence-corrected chi connectivity index (χ0v) is 17.2. The zero-order chi connectivity index (χ0) is 18.8.